The minimum atomic E-state index is -0.787. The maximum Gasteiger partial charge on any atom is 0.338 e. The molecule has 1 fully saturated rings. The SMILES string of the molecule is O=C(OCC(=O)N1CCCCC1)c1ccc(Cl)c([N+](=O)[O-])c1. The summed E-state index contributed by atoms with van der Waals surface area (Å²) < 4.78 is 4.92. The number of halogens is 1. The molecule has 0 spiro atoms. The van der Waals surface area contributed by atoms with Gasteiger partial charge in [-0.15, -0.1) is 0 Å². The van der Waals surface area contributed by atoms with Crippen LogP contribution in [0.5, 0.6) is 0 Å². The first kappa shape index (κ1) is 16.2. The molecule has 0 N–H and O–H groups in total. The number of rotatable bonds is 4. The molecule has 1 aromatic carbocycles. The second-order valence-corrected chi connectivity index (χ2v) is 5.35. The minimum absolute atomic E-state index is 0.0115. The number of nitrogens with zero attached hydrogens (tertiary/aromatic N) is 2. The van der Waals surface area contributed by atoms with Crippen LogP contribution in [0.1, 0.15) is 29.6 Å². The fourth-order valence-electron chi connectivity index (χ4n) is 2.22. The van der Waals surface area contributed by atoms with Crippen LogP contribution in [-0.4, -0.2) is 41.4 Å². The van der Waals surface area contributed by atoms with E-state index in [9.17, 15) is 19.7 Å². The molecule has 22 heavy (non-hydrogen) atoms. The summed E-state index contributed by atoms with van der Waals surface area (Å²) in [7, 11) is 0. The number of hydrogen-bond donors (Lipinski definition) is 0. The molecule has 0 unspecified atom stereocenters. The maximum atomic E-state index is 11.9. The van der Waals surface area contributed by atoms with Gasteiger partial charge in [-0.3, -0.25) is 14.9 Å². The lowest BCUT2D eigenvalue weighted by Gasteiger charge is -2.26. The second kappa shape index (κ2) is 7.22. The van der Waals surface area contributed by atoms with E-state index in [0.29, 0.717) is 13.1 Å². The van der Waals surface area contributed by atoms with E-state index in [4.69, 9.17) is 16.3 Å². The molecule has 0 atom stereocenters. The van der Waals surface area contributed by atoms with Crippen LogP contribution in [0.15, 0.2) is 18.2 Å². The van der Waals surface area contributed by atoms with E-state index in [1.54, 1.807) is 4.90 Å². The third-order valence-corrected chi connectivity index (χ3v) is 3.73. The second-order valence-electron chi connectivity index (χ2n) is 4.94. The summed E-state index contributed by atoms with van der Waals surface area (Å²) in [6, 6.07) is 3.61. The highest BCUT2D eigenvalue weighted by molar-refractivity contribution is 6.32. The van der Waals surface area contributed by atoms with Crippen LogP contribution >= 0.6 is 11.6 Å². The van der Waals surface area contributed by atoms with Crippen molar-refractivity contribution in [1.29, 1.82) is 0 Å². The summed E-state index contributed by atoms with van der Waals surface area (Å²) in [6.07, 6.45) is 2.99. The molecule has 0 bridgehead atoms. The predicted molar refractivity (Wildman–Crippen MR) is 78.8 cm³/mol. The molecule has 1 aliphatic heterocycles. The highest BCUT2D eigenvalue weighted by Gasteiger charge is 2.20. The summed E-state index contributed by atoms with van der Waals surface area (Å²) >= 11 is 5.67. The van der Waals surface area contributed by atoms with E-state index < -0.39 is 10.9 Å². The Hall–Kier alpha value is -2.15. The molecule has 0 radical (unpaired) electrons. The topological polar surface area (TPSA) is 89.8 Å². The van der Waals surface area contributed by atoms with Gasteiger partial charge >= 0.3 is 5.97 Å². The lowest BCUT2D eigenvalue weighted by Crippen LogP contribution is -2.38. The molecule has 1 aromatic rings. The van der Waals surface area contributed by atoms with Gasteiger partial charge in [0.25, 0.3) is 11.6 Å². The smallest absolute Gasteiger partial charge is 0.338 e. The number of nitro benzene ring substituents is 1. The summed E-state index contributed by atoms with van der Waals surface area (Å²) in [5.74, 6) is -1.04. The largest absolute Gasteiger partial charge is 0.452 e. The van der Waals surface area contributed by atoms with Gasteiger partial charge in [0.15, 0.2) is 6.61 Å². The monoisotopic (exact) mass is 326 g/mol. The Balaban J connectivity index is 1.96. The van der Waals surface area contributed by atoms with Crippen LogP contribution in [0.2, 0.25) is 5.02 Å². The highest BCUT2D eigenvalue weighted by Crippen LogP contribution is 2.25. The Morgan fingerprint density at radius 2 is 1.95 bits per heavy atom. The van der Waals surface area contributed by atoms with Gasteiger partial charge in [0.05, 0.1) is 10.5 Å². The Morgan fingerprint density at radius 3 is 2.59 bits per heavy atom. The van der Waals surface area contributed by atoms with Crippen molar-refractivity contribution in [1.82, 2.24) is 4.90 Å². The van der Waals surface area contributed by atoms with Gasteiger partial charge in [-0.25, -0.2) is 4.79 Å². The first-order valence-corrected chi connectivity index (χ1v) is 7.25. The molecule has 1 amide bonds. The normalized spacial score (nSPS) is 14.5. The number of carbonyl (C=O) groups is 2. The van der Waals surface area contributed by atoms with Crippen molar-refractivity contribution in [2.45, 2.75) is 19.3 Å². The Bertz CT molecular complexity index is 599. The van der Waals surface area contributed by atoms with E-state index in [1.165, 1.54) is 12.1 Å². The average molecular weight is 327 g/mol. The van der Waals surface area contributed by atoms with Gasteiger partial charge in [0.1, 0.15) is 5.02 Å². The van der Waals surface area contributed by atoms with Gasteiger partial charge in [0.2, 0.25) is 0 Å². The Morgan fingerprint density at radius 1 is 1.27 bits per heavy atom. The summed E-state index contributed by atoms with van der Waals surface area (Å²) in [5.41, 5.74) is -0.388. The van der Waals surface area contributed by atoms with Crippen molar-refractivity contribution < 1.29 is 19.2 Å². The van der Waals surface area contributed by atoms with Gasteiger partial charge in [-0.1, -0.05) is 11.6 Å². The molecule has 0 aliphatic carbocycles. The number of ether oxygens (including phenoxy) is 1. The third-order valence-electron chi connectivity index (χ3n) is 3.41. The molecule has 7 nitrogen and oxygen atoms in total. The van der Waals surface area contributed by atoms with E-state index in [-0.39, 0.29) is 28.8 Å². The third kappa shape index (κ3) is 3.94. The van der Waals surface area contributed by atoms with Crippen molar-refractivity contribution in [2.75, 3.05) is 19.7 Å². The first-order valence-electron chi connectivity index (χ1n) is 6.88. The molecule has 8 heteroatoms. The van der Waals surface area contributed by atoms with Crippen LogP contribution in [-0.2, 0) is 9.53 Å². The average Bonchev–Trinajstić information content (AvgIpc) is 2.53. The number of benzene rings is 1. The van der Waals surface area contributed by atoms with E-state index in [0.717, 1.165) is 25.3 Å². The minimum Gasteiger partial charge on any atom is -0.452 e. The van der Waals surface area contributed by atoms with Crippen LogP contribution in [0.4, 0.5) is 5.69 Å². The zero-order chi connectivity index (χ0) is 16.1. The van der Waals surface area contributed by atoms with Crippen LogP contribution in [0, 0.1) is 10.1 Å². The summed E-state index contributed by atoms with van der Waals surface area (Å²) in [5, 5.41) is 10.7. The number of carbonyl (C=O) groups excluding carboxylic acids is 2. The molecule has 1 heterocycles. The highest BCUT2D eigenvalue weighted by atomic mass is 35.5. The molecule has 1 saturated heterocycles. The van der Waals surface area contributed by atoms with Crippen LogP contribution < -0.4 is 0 Å². The lowest BCUT2D eigenvalue weighted by atomic mass is 10.1. The first-order chi connectivity index (χ1) is 10.5. The van der Waals surface area contributed by atoms with Crippen molar-refractivity contribution in [3.05, 3.63) is 38.9 Å². The fourth-order valence-corrected chi connectivity index (χ4v) is 2.41. The summed E-state index contributed by atoms with van der Waals surface area (Å²) in [6.45, 7) is 0.973. The zero-order valence-corrected chi connectivity index (χ0v) is 12.5. The molecular formula is C14H15ClN2O5. The number of hydrogen-bond acceptors (Lipinski definition) is 5. The zero-order valence-electron chi connectivity index (χ0n) is 11.8. The number of esters is 1. The molecule has 1 aliphatic rings. The molecule has 0 aromatic heterocycles. The van der Waals surface area contributed by atoms with Gasteiger partial charge < -0.3 is 9.64 Å². The van der Waals surface area contributed by atoms with E-state index >= 15 is 0 Å². The number of piperidine rings is 1. The summed E-state index contributed by atoms with van der Waals surface area (Å²) in [4.78, 5) is 35.5. The van der Waals surface area contributed by atoms with Crippen molar-refractivity contribution in [3.63, 3.8) is 0 Å². The van der Waals surface area contributed by atoms with Gasteiger partial charge in [-0.05, 0) is 31.4 Å². The lowest BCUT2D eigenvalue weighted by molar-refractivity contribution is -0.384. The van der Waals surface area contributed by atoms with Gasteiger partial charge in [-0.2, -0.15) is 0 Å². The Labute approximate surface area is 131 Å². The van der Waals surface area contributed by atoms with Crippen LogP contribution in [0.25, 0.3) is 0 Å². The Kier molecular flexibility index (Phi) is 5.32. The predicted octanol–water partition coefficient (Wildman–Crippen LogP) is 2.42. The molecular weight excluding hydrogens is 312 g/mol. The van der Waals surface area contributed by atoms with Crippen molar-refractivity contribution in [3.8, 4) is 0 Å². The standard InChI is InChI=1S/C14H15ClN2O5/c15-11-5-4-10(8-12(11)17(20)21)14(19)22-9-13(18)16-6-2-1-3-7-16/h4-5,8H,1-3,6-7,9H2. The molecule has 118 valence electrons. The molecule has 0 saturated carbocycles. The van der Waals surface area contributed by atoms with Crippen molar-refractivity contribution in [2.24, 2.45) is 0 Å². The van der Waals surface area contributed by atoms with E-state index in [1.807, 2.05) is 0 Å². The maximum absolute atomic E-state index is 11.9. The van der Waals surface area contributed by atoms with Crippen LogP contribution in [0.3, 0.4) is 0 Å². The number of likely N-dealkylation sites (tertiary alicyclic amines) is 1. The number of nitro groups is 1. The fraction of sp³-hybridized carbons (Fsp3) is 0.429. The van der Waals surface area contributed by atoms with E-state index in [2.05, 4.69) is 0 Å². The van der Waals surface area contributed by atoms with Crippen molar-refractivity contribution >= 4 is 29.2 Å². The number of amides is 1. The van der Waals surface area contributed by atoms with Gasteiger partial charge in [0, 0.05) is 19.2 Å². The quantitative estimate of drug-likeness (QED) is 0.481. The molecule has 2 rings (SSSR count).